The summed E-state index contributed by atoms with van der Waals surface area (Å²) >= 11 is 0. The molecule has 2 aromatic carbocycles. The number of furan rings is 1. The first-order valence-corrected chi connectivity index (χ1v) is 6.68. The first kappa shape index (κ1) is 14.0. The van der Waals surface area contributed by atoms with Crippen LogP contribution in [-0.4, -0.2) is 18.2 Å². The van der Waals surface area contributed by atoms with Gasteiger partial charge in [-0.05, 0) is 48.5 Å². The van der Waals surface area contributed by atoms with Crippen molar-refractivity contribution in [2.45, 2.75) is 6.61 Å². The zero-order chi connectivity index (χ0) is 15.5. The number of methoxy groups -OCH3 is 1. The fourth-order valence-electron chi connectivity index (χ4n) is 2.13. The van der Waals surface area contributed by atoms with Crippen molar-refractivity contribution in [1.29, 1.82) is 0 Å². The van der Waals surface area contributed by atoms with E-state index in [-0.39, 0.29) is 12.2 Å². The molecular formula is C17H14O5. The van der Waals surface area contributed by atoms with E-state index in [9.17, 15) is 4.79 Å². The van der Waals surface area contributed by atoms with Gasteiger partial charge in [0, 0.05) is 5.39 Å². The number of ether oxygens (including phenoxy) is 2. The lowest BCUT2D eigenvalue weighted by molar-refractivity contribution is 0.0697. The Balaban J connectivity index is 1.74. The van der Waals surface area contributed by atoms with Crippen LogP contribution in [0.3, 0.4) is 0 Å². The Kier molecular flexibility index (Phi) is 3.70. The first-order valence-electron chi connectivity index (χ1n) is 6.68. The minimum atomic E-state index is -0.959. The van der Waals surface area contributed by atoms with Crippen molar-refractivity contribution in [3.8, 4) is 11.5 Å². The molecule has 3 aromatic rings. The Morgan fingerprint density at radius 1 is 1.09 bits per heavy atom. The standard InChI is InChI=1S/C17H14O5/c1-20-13-3-5-14(6-4-13)21-10-15-9-12-8-11(17(18)19)2-7-16(12)22-15/h2-9H,10H2,1H3,(H,18,19). The van der Waals surface area contributed by atoms with Gasteiger partial charge in [0.25, 0.3) is 0 Å². The van der Waals surface area contributed by atoms with Gasteiger partial charge in [-0.15, -0.1) is 0 Å². The summed E-state index contributed by atoms with van der Waals surface area (Å²) in [6.07, 6.45) is 0. The summed E-state index contributed by atoms with van der Waals surface area (Å²) in [6.45, 7) is 0.267. The number of aromatic carboxylic acids is 1. The van der Waals surface area contributed by atoms with Gasteiger partial charge < -0.3 is 19.0 Å². The molecule has 112 valence electrons. The third kappa shape index (κ3) is 2.88. The number of hydrogen-bond donors (Lipinski definition) is 1. The van der Waals surface area contributed by atoms with E-state index in [1.165, 1.54) is 6.07 Å². The molecule has 1 N–H and O–H groups in total. The molecule has 1 heterocycles. The molecule has 0 unspecified atom stereocenters. The lowest BCUT2D eigenvalue weighted by atomic mass is 10.1. The molecule has 0 radical (unpaired) electrons. The van der Waals surface area contributed by atoms with E-state index in [1.807, 2.05) is 24.3 Å². The number of carbonyl (C=O) groups is 1. The van der Waals surface area contributed by atoms with E-state index in [0.717, 1.165) is 11.1 Å². The topological polar surface area (TPSA) is 68.9 Å². The zero-order valence-electron chi connectivity index (χ0n) is 11.9. The maximum absolute atomic E-state index is 10.9. The van der Waals surface area contributed by atoms with E-state index in [1.54, 1.807) is 25.3 Å². The Bertz CT molecular complexity index is 802. The third-order valence-corrected chi connectivity index (χ3v) is 3.25. The fraction of sp³-hybridized carbons (Fsp3) is 0.118. The summed E-state index contributed by atoms with van der Waals surface area (Å²) in [5.41, 5.74) is 0.870. The molecule has 1 aromatic heterocycles. The molecule has 3 rings (SSSR count). The van der Waals surface area contributed by atoms with Crippen LogP contribution in [0.5, 0.6) is 11.5 Å². The van der Waals surface area contributed by atoms with E-state index in [2.05, 4.69) is 0 Å². The highest BCUT2D eigenvalue weighted by molar-refractivity contribution is 5.93. The number of rotatable bonds is 5. The molecule has 5 nitrogen and oxygen atoms in total. The molecule has 0 fully saturated rings. The monoisotopic (exact) mass is 298 g/mol. The number of carboxylic acid groups (broad SMARTS) is 1. The highest BCUT2D eigenvalue weighted by Crippen LogP contribution is 2.23. The van der Waals surface area contributed by atoms with Crippen LogP contribution in [0.1, 0.15) is 16.1 Å². The summed E-state index contributed by atoms with van der Waals surface area (Å²) in [7, 11) is 1.61. The quantitative estimate of drug-likeness (QED) is 0.777. The minimum Gasteiger partial charge on any atom is -0.497 e. The van der Waals surface area contributed by atoms with Gasteiger partial charge in [-0.25, -0.2) is 4.79 Å². The Hall–Kier alpha value is -2.95. The van der Waals surface area contributed by atoms with Crippen LogP contribution in [0, 0.1) is 0 Å². The average Bonchev–Trinajstić information content (AvgIpc) is 2.95. The highest BCUT2D eigenvalue weighted by Gasteiger charge is 2.08. The summed E-state index contributed by atoms with van der Waals surface area (Å²) in [5.74, 6) is 1.14. The maximum Gasteiger partial charge on any atom is 0.335 e. The summed E-state index contributed by atoms with van der Waals surface area (Å²) in [4.78, 5) is 10.9. The largest absolute Gasteiger partial charge is 0.497 e. The zero-order valence-corrected chi connectivity index (χ0v) is 11.9. The van der Waals surface area contributed by atoms with Crippen molar-refractivity contribution < 1.29 is 23.8 Å². The normalized spacial score (nSPS) is 10.6. The van der Waals surface area contributed by atoms with Crippen LogP contribution in [0.15, 0.2) is 52.9 Å². The first-order chi connectivity index (χ1) is 10.7. The summed E-state index contributed by atoms with van der Waals surface area (Å²) in [6, 6.07) is 13.8. The minimum absolute atomic E-state index is 0.232. The van der Waals surface area contributed by atoms with E-state index < -0.39 is 5.97 Å². The van der Waals surface area contributed by atoms with Crippen LogP contribution in [0.4, 0.5) is 0 Å². The predicted molar refractivity (Wildman–Crippen MR) is 80.5 cm³/mol. The molecule has 0 aliphatic rings. The SMILES string of the molecule is COc1ccc(OCc2cc3cc(C(=O)O)ccc3o2)cc1. The number of carboxylic acids is 1. The van der Waals surface area contributed by atoms with Crippen LogP contribution < -0.4 is 9.47 Å². The van der Waals surface area contributed by atoms with Crippen LogP contribution in [-0.2, 0) is 6.61 Å². The van der Waals surface area contributed by atoms with Crippen LogP contribution in [0.2, 0.25) is 0 Å². The predicted octanol–water partition coefficient (Wildman–Crippen LogP) is 3.72. The number of hydrogen-bond acceptors (Lipinski definition) is 4. The molecule has 0 bridgehead atoms. The van der Waals surface area contributed by atoms with Gasteiger partial charge in [-0.3, -0.25) is 0 Å². The molecule has 0 aliphatic carbocycles. The maximum atomic E-state index is 10.9. The van der Waals surface area contributed by atoms with Gasteiger partial charge in [0.1, 0.15) is 29.4 Å². The van der Waals surface area contributed by atoms with Gasteiger partial charge in [0.05, 0.1) is 12.7 Å². The molecule has 0 amide bonds. The van der Waals surface area contributed by atoms with Gasteiger partial charge >= 0.3 is 5.97 Å². The van der Waals surface area contributed by atoms with Crippen molar-refractivity contribution in [2.75, 3.05) is 7.11 Å². The Morgan fingerprint density at radius 2 is 1.82 bits per heavy atom. The van der Waals surface area contributed by atoms with Crippen LogP contribution >= 0.6 is 0 Å². The van der Waals surface area contributed by atoms with Gasteiger partial charge in [-0.2, -0.15) is 0 Å². The van der Waals surface area contributed by atoms with Crippen molar-refractivity contribution in [1.82, 2.24) is 0 Å². The second-order valence-electron chi connectivity index (χ2n) is 4.73. The Labute approximate surface area is 126 Å². The van der Waals surface area contributed by atoms with Gasteiger partial charge in [-0.1, -0.05) is 0 Å². The molecular weight excluding hydrogens is 284 g/mol. The second kappa shape index (κ2) is 5.81. The fourth-order valence-corrected chi connectivity index (χ4v) is 2.13. The third-order valence-electron chi connectivity index (χ3n) is 3.25. The number of benzene rings is 2. The highest BCUT2D eigenvalue weighted by atomic mass is 16.5. The van der Waals surface area contributed by atoms with Crippen LogP contribution in [0.25, 0.3) is 11.0 Å². The molecule has 0 spiro atoms. The van der Waals surface area contributed by atoms with E-state index in [4.69, 9.17) is 19.0 Å². The lowest BCUT2D eigenvalue weighted by Gasteiger charge is -2.05. The smallest absolute Gasteiger partial charge is 0.335 e. The summed E-state index contributed by atoms with van der Waals surface area (Å²) < 4.78 is 16.3. The van der Waals surface area contributed by atoms with Gasteiger partial charge in [0.2, 0.25) is 0 Å². The van der Waals surface area contributed by atoms with E-state index >= 15 is 0 Å². The van der Waals surface area contributed by atoms with Crippen molar-refractivity contribution in [2.24, 2.45) is 0 Å². The molecule has 0 saturated heterocycles. The Morgan fingerprint density at radius 3 is 2.50 bits per heavy atom. The average molecular weight is 298 g/mol. The van der Waals surface area contributed by atoms with E-state index in [0.29, 0.717) is 17.1 Å². The molecule has 0 atom stereocenters. The molecule has 5 heteroatoms. The molecule has 0 saturated carbocycles. The van der Waals surface area contributed by atoms with Crippen molar-refractivity contribution in [3.05, 3.63) is 59.9 Å². The molecule has 0 aliphatic heterocycles. The van der Waals surface area contributed by atoms with Crippen molar-refractivity contribution in [3.63, 3.8) is 0 Å². The summed E-state index contributed by atoms with van der Waals surface area (Å²) in [5, 5.41) is 9.72. The molecule has 22 heavy (non-hydrogen) atoms. The second-order valence-corrected chi connectivity index (χ2v) is 4.73. The van der Waals surface area contributed by atoms with Gasteiger partial charge in [0.15, 0.2) is 0 Å². The lowest BCUT2D eigenvalue weighted by Crippen LogP contribution is -1.94. The number of fused-ring (bicyclic) bond motifs is 1. The van der Waals surface area contributed by atoms with Crippen molar-refractivity contribution >= 4 is 16.9 Å².